The molecular weight excluding hydrogens is 274 g/mol. The van der Waals surface area contributed by atoms with E-state index in [0.29, 0.717) is 5.56 Å². The molecule has 0 aliphatic carbocycles. The van der Waals surface area contributed by atoms with Gasteiger partial charge in [0.25, 0.3) is 10.0 Å². The van der Waals surface area contributed by atoms with Gasteiger partial charge in [-0.25, -0.2) is 8.42 Å². The molecule has 0 radical (unpaired) electrons. The van der Waals surface area contributed by atoms with Crippen LogP contribution in [0.3, 0.4) is 0 Å². The number of rotatable bonds is 3. The molecule has 0 fully saturated rings. The number of aryl methyl sites for hydroxylation is 1. The number of nitriles is 1. The minimum atomic E-state index is -3.69. The molecule has 2 aromatic carbocycles. The van der Waals surface area contributed by atoms with E-state index >= 15 is 0 Å². The second-order valence-electron chi connectivity index (χ2n) is 4.33. The summed E-state index contributed by atoms with van der Waals surface area (Å²) < 4.78 is 26.8. The van der Waals surface area contributed by atoms with Crippen molar-refractivity contribution in [3.05, 3.63) is 53.6 Å². The number of hydrogen-bond acceptors (Lipinski definition) is 4. The van der Waals surface area contributed by atoms with Crippen molar-refractivity contribution in [2.24, 2.45) is 0 Å². The third-order valence-electron chi connectivity index (χ3n) is 2.76. The highest BCUT2D eigenvalue weighted by molar-refractivity contribution is 7.92. The molecule has 20 heavy (non-hydrogen) atoms. The third kappa shape index (κ3) is 2.90. The Bertz CT molecular complexity index is 775. The average molecular weight is 287 g/mol. The van der Waals surface area contributed by atoms with Gasteiger partial charge in [0.1, 0.15) is 0 Å². The zero-order valence-electron chi connectivity index (χ0n) is 10.8. The molecule has 0 aromatic heterocycles. The van der Waals surface area contributed by atoms with Crippen LogP contribution < -0.4 is 10.5 Å². The normalized spacial score (nSPS) is 10.8. The standard InChI is InChI=1S/C14H13N3O2S/c1-10-2-5-12(6-3-10)20(18,19)17-14-7-4-11(9-15)8-13(14)16/h2-8,17H,16H2,1H3. The first-order valence-corrected chi connectivity index (χ1v) is 7.30. The number of benzene rings is 2. The monoisotopic (exact) mass is 287 g/mol. The minimum absolute atomic E-state index is 0.159. The fourth-order valence-corrected chi connectivity index (χ4v) is 2.73. The summed E-state index contributed by atoms with van der Waals surface area (Å²) in [5.41, 5.74) is 7.54. The molecule has 0 unspecified atom stereocenters. The Morgan fingerprint density at radius 3 is 2.35 bits per heavy atom. The van der Waals surface area contributed by atoms with Gasteiger partial charge in [-0.05, 0) is 37.3 Å². The number of sulfonamides is 1. The zero-order chi connectivity index (χ0) is 14.8. The molecule has 2 aromatic rings. The molecule has 6 heteroatoms. The van der Waals surface area contributed by atoms with Crippen molar-refractivity contribution in [1.29, 1.82) is 5.26 Å². The largest absolute Gasteiger partial charge is 0.397 e. The van der Waals surface area contributed by atoms with E-state index in [0.717, 1.165) is 5.56 Å². The number of hydrogen-bond donors (Lipinski definition) is 2. The first kappa shape index (κ1) is 13.9. The van der Waals surface area contributed by atoms with E-state index in [1.54, 1.807) is 12.1 Å². The highest BCUT2D eigenvalue weighted by Crippen LogP contribution is 2.23. The third-order valence-corrected chi connectivity index (χ3v) is 4.14. The van der Waals surface area contributed by atoms with Crippen LogP contribution in [0.5, 0.6) is 0 Å². The van der Waals surface area contributed by atoms with Gasteiger partial charge in [0.15, 0.2) is 0 Å². The van der Waals surface area contributed by atoms with Gasteiger partial charge >= 0.3 is 0 Å². The molecule has 3 N–H and O–H groups in total. The van der Waals surface area contributed by atoms with E-state index < -0.39 is 10.0 Å². The van der Waals surface area contributed by atoms with Gasteiger partial charge in [0, 0.05) is 0 Å². The van der Waals surface area contributed by atoms with Gasteiger partial charge in [-0.3, -0.25) is 4.72 Å². The molecule has 0 heterocycles. The molecular formula is C14H13N3O2S. The van der Waals surface area contributed by atoms with Crippen molar-refractivity contribution < 1.29 is 8.42 Å². The molecule has 2 rings (SSSR count). The molecule has 5 nitrogen and oxygen atoms in total. The topological polar surface area (TPSA) is 96.0 Å². The highest BCUT2D eigenvalue weighted by atomic mass is 32.2. The Kier molecular flexibility index (Phi) is 3.63. The van der Waals surface area contributed by atoms with Crippen LogP contribution in [0, 0.1) is 18.3 Å². The van der Waals surface area contributed by atoms with Crippen LogP contribution in [-0.2, 0) is 10.0 Å². The van der Waals surface area contributed by atoms with E-state index in [9.17, 15) is 8.42 Å². The van der Waals surface area contributed by atoms with Crippen LogP contribution in [0.25, 0.3) is 0 Å². The summed E-state index contributed by atoms with van der Waals surface area (Å²) >= 11 is 0. The number of nitrogens with two attached hydrogens (primary N) is 1. The van der Waals surface area contributed by atoms with Crippen LogP contribution in [0.15, 0.2) is 47.4 Å². The number of nitrogen functional groups attached to an aromatic ring is 1. The molecule has 0 spiro atoms. The van der Waals surface area contributed by atoms with Crippen molar-refractivity contribution in [1.82, 2.24) is 0 Å². The van der Waals surface area contributed by atoms with Crippen molar-refractivity contribution in [3.63, 3.8) is 0 Å². The molecule has 0 amide bonds. The first-order valence-electron chi connectivity index (χ1n) is 5.81. The summed E-state index contributed by atoms with van der Waals surface area (Å²) in [6.07, 6.45) is 0. The second-order valence-corrected chi connectivity index (χ2v) is 6.01. The fourth-order valence-electron chi connectivity index (χ4n) is 1.65. The Balaban J connectivity index is 2.34. The van der Waals surface area contributed by atoms with Crippen LogP contribution >= 0.6 is 0 Å². The van der Waals surface area contributed by atoms with E-state index in [1.165, 1.54) is 30.3 Å². The van der Waals surface area contributed by atoms with Crippen LogP contribution in [0.1, 0.15) is 11.1 Å². The summed E-state index contributed by atoms with van der Waals surface area (Å²) in [5.74, 6) is 0. The SMILES string of the molecule is Cc1ccc(S(=O)(=O)Nc2ccc(C#N)cc2N)cc1. The van der Waals surface area contributed by atoms with Gasteiger partial charge < -0.3 is 5.73 Å². The maximum Gasteiger partial charge on any atom is 0.261 e. The summed E-state index contributed by atoms with van der Waals surface area (Å²) in [6.45, 7) is 1.88. The zero-order valence-corrected chi connectivity index (χ0v) is 11.6. The molecule has 0 aliphatic rings. The lowest BCUT2D eigenvalue weighted by Gasteiger charge is -2.10. The fraction of sp³-hybridized carbons (Fsp3) is 0.0714. The number of anilines is 2. The van der Waals surface area contributed by atoms with Crippen molar-refractivity contribution in [2.75, 3.05) is 10.5 Å². The van der Waals surface area contributed by atoms with Gasteiger partial charge in [0.05, 0.1) is 27.9 Å². The lowest BCUT2D eigenvalue weighted by molar-refractivity contribution is 0.601. The van der Waals surface area contributed by atoms with Crippen molar-refractivity contribution >= 4 is 21.4 Å². The Labute approximate surface area is 117 Å². The number of nitrogens with zero attached hydrogens (tertiary/aromatic N) is 1. The predicted molar refractivity (Wildman–Crippen MR) is 77.6 cm³/mol. The lowest BCUT2D eigenvalue weighted by Crippen LogP contribution is -2.14. The molecule has 0 atom stereocenters. The molecule has 102 valence electrons. The second kappa shape index (κ2) is 5.23. The summed E-state index contributed by atoms with van der Waals surface area (Å²) in [5, 5.41) is 8.75. The van der Waals surface area contributed by atoms with E-state index in [-0.39, 0.29) is 16.3 Å². The average Bonchev–Trinajstić information content (AvgIpc) is 2.41. The first-order chi connectivity index (χ1) is 9.42. The van der Waals surface area contributed by atoms with E-state index in [4.69, 9.17) is 11.0 Å². The Morgan fingerprint density at radius 2 is 1.80 bits per heavy atom. The Hall–Kier alpha value is -2.52. The highest BCUT2D eigenvalue weighted by Gasteiger charge is 2.15. The van der Waals surface area contributed by atoms with Gasteiger partial charge in [-0.15, -0.1) is 0 Å². The quantitative estimate of drug-likeness (QED) is 0.846. The van der Waals surface area contributed by atoms with Crippen LogP contribution in [-0.4, -0.2) is 8.42 Å². The lowest BCUT2D eigenvalue weighted by atomic mass is 10.2. The summed E-state index contributed by atoms with van der Waals surface area (Å²) in [7, 11) is -3.69. The van der Waals surface area contributed by atoms with Gasteiger partial charge in [-0.1, -0.05) is 17.7 Å². The van der Waals surface area contributed by atoms with Crippen LogP contribution in [0.2, 0.25) is 0 Å². The van der Waals surface area contributed by atoms with E-state index in [1.807, 2.05) is 13.0 Å². The molecule has 0 saturated carbocycles. The van der Waals surface area contributed by atoms with E-state index in [2.05, 4.69) is 4.72 Å². The van der Waals surface area contributed by atoms with Crippen molar-refractivity contribution in [2.45, 2.75) is 11.8 Å². The van der Waals surface area contributed by atoms with Crippen LogP contribution in [0.4, 0.5) is 11.4 Å². The van der Waals surface area contributed by atoms with Crippen molar-refractivity contribution in [3.8, 4) is 6.07 Å². The minimum Gasteiger partial charge on any atom is -0.397 e. The van der Waals surface area contributed by atoms with Gasteiger partial charge in [0.2, 0.25) is 0 Å². The Morgan fingerprint density at radius 1 is 1.15 bits per heavy atom. The maximum absolute atomic E-state index is 12.2. The summed E-state index contributed by atoms with van der Waals surface area (Å²) in [4.78, 5) is 0.159. The molecule has 0 saturated heterocycles. The number of nitrogens with one attached hydrogen (secondary N) is 1. The predicted octanol–water partition coefficient (Wildman–Crippen LogP) is 2.25. The smallest absolute Gasteiger partial charge is 0.261 e. The maximum atomic E-state index is 12.2. The molecule has 0 bridgehead atoms. The van der Waals surface area contributed by atoms with Gasteiger partial charge in [-0.2, -0.15) is 5.26 Å². The summed E-state index contributed by atoms with van der Waals surface area (Å²) in [6, 6.07) is 12.8. The molecule has 0 aliphatic heterocycles.